The summed E-state index contributed by atoms with van der Waals surface area (Å²) in [7, 11) is 0. The van der Waals surface area contributed by atoms with Gasteiger partial charge in [-0.2, -0.15) is 0 Å². The van der Waals surface area contributed by atoms with Gasteiger partial charge in [-0.05, 0) is 12.1 Å². The Bertz CT molecular complexity index is 658. The number of nitrogens with zero attached hydrogens (tertiary/aromatic N) is 1. The predicted molar refractivity (Wildman–Crippen MR) is 91.2 cm³/mol. The summed E-state index contributed by atoms with van der Waals surface area (Å²) in [6.07, 6.45) is 0. The molecule has 3 rings (SSSR count). The van der Waals surface area contributed by atoms with Crippen LogP contribution in [0.1, 0.15) is 0 Å². The molecular weight excluding hydrogens is 323 g/mol. The molecule has 1 N–H and O–H groups in total. The highest BCUT2D eigenvalue weighted by atomic mass is 35.5. The van der Waals surface area contributed by atoms with Crippen molar-refractivity contribution in [3.05, 3.63) is 41.4 Å². The number of carbonyl (C=O) groups is 1. The van der Waals surface area contributed by atoms with Crippen LogP contribution in [0, 0.1) is 0 Å². The van der Waals surface area contributed by atoms with Gasteiger partial charge in [0.15, 0.2) is 6.61 Å². The van der Waals surface area contributed by atoms with Crippen molar-refractivity contribution >= 4 is 40.7 Å². The van der Waals surface area contributed by atoms with Crippen LogP contribution in [0.4, 0.5) is 0 Å². The van der Waals surface area contributed by atoms with E-state index in [-0.39, 0.29) is 24.9 Å². The lowest BCUT2D eigenvalue weighted by Crippen LogP contribution is -2.47. The fraction of sp³-hybridized carbons (Fsp3) is 0.312. The van der Waals surface area contributed by atoms with Crippen LogP contribution < -0.4 is 10.1 Å². The summed E-state index contributed by atoms with van der Waals surface area (Å²) in [5.41, 5.74) is 0. The van der Waals surface area contributed by atoms with E-state index in [0.29, 0.717) is 10.8 Å². The van der Waals surface area contributed by atoms with E-state index in [9.17, 15) is 4.79 Å². The van der Waals surface area contributed by atoms with Crippen molar-refractivity contribution in [1.82, 2.24) is 10.2 Å². The summed E-state index contributed by atoms with van der Waals surface area (Å²) in [5, 5.41) is 5.78. The summed E-state index contributed by atoms with van der Waals surface area (Å²) in [6.45, 7) is 3.23. The highest BCUT2D eigenvalue weighted by molar-refractivity contribution is 6.35. The third kappa shape index (κ3) is 3.64. The van der Waals surface area contributed by atoms with Gasteiger partial charge in [-0.1, -0.05) is 35.9 Å². The highest BCUT2D eigenvalue weighted by Gasteiger charge is 2.17. The summed E-state index contributed by atoms with van der Waals surface area (Å²) in [6, 6.07) is 11.4. The molecule has 1 saturated heterocycles. The zero-order valence-corrected chi connectivity index (χ0v) is 13.6. The molecule has 22 heavy (non-hydrogen) atoms. The number of fused-ring (bicyclic) bond motifs is 1. The molecule has 4 nitrogen and oxygen atoms in total. The largest absolute Gasteiger partial charge is 0.483 e. The quantitative estimate of drug-likeness (QED) is 0.933. The SMILES string of the molecule is Cl.O=C(COc1ccc(Cl)c2ccccc12)N1CCNCC1. The molecule has 0 spiro atoms. The molecule has 0 radical (unpaired) electrons. The molecule has 6 heteroatoms. The first-order valence-electron chi connectivity index (χ1n) is 7.04. The number of amides is 1. The maximum atomic E-state index is 12.1. The average molecular weight is 341 g/mol. The van der Waals surface area contributed by atoms with E-state index in [1.807, 2.05) is 35.2 Å². The predicted octanol–water partition coefficient (Wildman–Crippen LogP) is 2.73. The Labute approximate surface area is 140 Å². The molecule has 1 amide bonds. The third-order valence-electron chi connectivity index (χ3n) is 3.65. The smallest absolute Gasteiger partial charge is 0.260 e. The van der Waals surface area contributed by atoms with Crippen molar-refractivity contribution in [2.45, 2.75) is 0 Å². The molecule has 1 aliphatic heterocycles. The van der Waals surface area contributed by atoms with Gasteiger partial charge in [-0.3, -0.25) is 4.79 Å². The number of ether oxygens (including phenoxy) is 1. The van der Waals surface area contributed by atoms with Crippen LogP contribution in [-0.2, 0) is 4.79 Å². The van der Waals surface area contributed by atoms with Crippen molar-refractivity contribution < 1.29 is 9.53 Å². The van der Waals surface area contributed by atoms with Crippen LogP contribution in [0.5, 0.6) is 5.75 Å². The Hall–Kier alpha value is -1.49. The lowest BCUT2D eigenvalue weighted by molar-refractivity contribution is -0.133. The minimum Gasteiger partial charge on any atom is -0.483 e. The van der Waals surface area contributed by atoms with Gasteiger partial charge in [-0.15, -0.1) is 12.4 Å². The molecule has 0 aromatic heterocycles. The van der Waals surface area contributed by atoms with Gasteiger partial charge in [0.2, 0.25) is 0 Å². The highest BCUT2D eigenvalue weighted by Crippen LogP contribution is 2.31. The lowest BCUT2D eigenvalue weighted by Gasteiger charge is -2.27. The van der Waals surface area contributed by atoms with E-state index in [1.54, 1.807) is 6.07 Å². The zero-order valence-electron chi connectivity index (χ0n) is 12.0. The Balaban J connectivity index is 0.00000176. The normalized spacial score (nSPS) is 14.5. The molecule has 1 aliphatic rings. The maximum Gasteiger partial charge on any atom is 0.260 e. The van der Waals surface area contributed by atoms with E-state index in [4.69, 9.17) is 16.3 Å². The van der Waals surface area contributed by atoms with E-state index in [2.05, 4.69) is 5.32 Å². The van der Waals surface area contributed by atoms with E-state index in [0.717, 1.165) is 37.0 Å². The van der Waals surface area contributed by atoms with Crippen molar-refractivity contribution in [3.63, 3.8) is 0 Å². The van der Waals surface area contributed by atoms with Gasteiger partial charge in [0.25, 0.3) is 5.91 Å². The number of carbonyl (C=O) groups excluding carboxylic acids is 1. The second-order valence-corrected chi connectivity index (χ2v) is 5.42. The van der Waals surface area contributed by atoms with E-state index < -0.39 is 0 Å². The second-order valence-electron chi connectivity index (χ2n) is 5.01. The van der Waals surface area contributed by atoms with Crippen LogP contribution in [0.2, 0.25) is 5.02 Å². The summed E-state index contributed by atoms with van der Waals surface area (Å²) < 4.78 is 5.72. The fourth-order valence-corrected chi connectivity index (χ4v) is 2.73. The first-order valence-corrected chi connectivity index (χ1v) is 7.42. The second kappa shape index (κ2) is 7.68. The lowest BCUT2D eigenvalue weighted by atomic mass is 10.1. The monoisotopic (exact) mass is 340 g/mol. The maximum absolute atomic E-state index is 12.1. The summed E-state index contributed by atoms with van der Waals surface area (Å²) in [5.74, 6) is 0.717. The number of rotatable bonds is 3. The van der Waals surface area contributed by atoms with Crippen molar-refractivity contribution in [1.29, 1.82) is 0 Å². The number of hydrogen-bond acceptors (Lipinski definition) is 3. The summed E-state index contributed by atoms with van der Waals surface area (Å²) >= 11 is 6.18. The van der Waals surface area contributed by atoms with Gasteiger partial charge < -0.3 is 15.0 Å². The van der Waals surface area contributed by atoms with Crippen LogP contribution in [0.3, 0.4) is 0 Å². The molecule has 0 atom stereocenters. The number of piperazine rings is 1. The van der Waals surface area contributed by atoms with Crippen molar-refractivity contribution in [2.75, 3.05) is 32.8 Å². The van der Waals surface area contributed by atoms with Crippen LogP contribution in [0.15, 0.2) is 36.4 Å². The molecule has 1 fully saturated rings. The summed E-state index contributed by atoms with van der Waals surface area (Å²) in [4.78, 5) is 13.9. The van der Waals surface area contributed by atoms with Gasteiger partial charge in [0.1, 0.15) is 5.75 Å². The Kier molecular flexibility index (Phi) is 5.89. The Morgan fingerprint density at radius 3 is 2.55 bits per heavy atom. The molecule has 2 aromatic rings. The van der Waals surface area contributed by atoms with Crippen molar-refractivity contribution in [3.8, 4) is 5.75 Å². The van der Waals surface area contributed by atoms with Gasteiger partial charge >= 0.3 is 0 Å². The van der Waals surface area contributed by atoms with Crippen LogP contribution in [0.25, 0.3) is 10.8 Å². The number of hydrogen-bond donors (Lipinski definition) is 1. The van der Waals surface area contributed by atoms with E-state index >= 15 is 0 Å². The van der Waals surface area contributed by atoms with E-state index in [1.165, 1.54) is 0 Å². The van der Waals surface area contributed by atoms with Gasteiger partial charge in [0.05, 0.1) is 0 Å². The molecule has 1 heterocycles. The molecule has 0 bridgehead atoms. The van der Waals surface area contributed by atoms with Gasteiger partial charge in [0, 0.05) is 42.0 Å². The molecule has 0 unspecified atom stereocenters. The minimum atomic E-state index is 0. The Morgan fingerprint density at radius 2 is 1.82 bits per heavy atom. The molecular formula is C16H18Cl2N2O2. The Morgan fingerprint density at radius 1 is 1.14 bits per heavy atom. The topological polar surface area (TPSA) is 41.6 Å². The molecule has 0 saturated carbocycles. The van der Waals surface area contributed by atoms with Gasteiger partial charge in [-0.25, -0.2) is 0 Å². The van der Waals surface area contributed by atoms with Crippen LogP contribution in [-0.4, -0.2) is 43.6 Å². The first kappa shape index (κ1) is 16.9. The van der Waals surface area contributed by atoms with Crippen LogP contribution >= 0.6 is 24.0 Å². The minimum absolute atomic E-state index is 0. The zero-order chi connectivity index (χ0) is 14.7. The molecule has 0 aliphatic carbocycles. The van der Waals surface area contributed by atoms with Crippen molar-refractivity contribution in [2.24, 2.45) is 0 Å². The number of nitrogens with one attached hydrogen (secondary N) is 1. The number of benzene rings is 2. The fourth-order valence-electron chi connectivity index (χ4n) is 2.51. The number of halogens is 2. The molecule has 118 valence electrons. The average Bonchev–Trinajstić information content (AvgIpc) is 2.55. The molecule has 2 aromatic carbocycles. The first-order chi connectivity index (χ1) is 10.3. The standard InChI is InChI=1S/C16H17ClN2O2.ClH/c17-14-5-6-15(13-4-2-1-3-12(13)14)21-11-16(20)19-9-7-18-8-10-19;/h1-6,18H,7-11H2;1H. The third-order valence-corrected chi connectivity index (χ3v) is 3.98.